The molecule has 1 atom stereocenters. The highest BCUT2D eigenvalue weighted by Crippen LogP contribution is 2.50. The van der Waals surface area contributed by atoms with Crippen molar-refractivity contribution in [2.45, 2.75) is 51.6 Å². The lowest BCUT2D eigenvalue weighted by atomic mass is 9.88. The molecule has 1 unspecified atom stereocenters. The maximum atomic E-state index is 13.2. The van der Waals surface area contributed by atoms with E-state index in [-0.39, 0.29) is 23.8 Å². The van der Waals surface area contributed by atoms with E-state index in [9.17, 15) is 9.59 Å². The van der Waals surface area contributed by atoms with Gasteiger partial charge in [0.25, 0.3) is 5.91 Å². The van der Waals surface area contributed by atoms with Gasteiger partial charge >= 0.3 is 0 Å². The Balaban J connectivity index is 1.56. The summed E-state index contributed by atoms with van der Waals surface area (Å²) in [5, 5.41) is 14.3. The van der Waals surface area contributed by atoms with Gasteiger partial charge in [-0.25, -0.2) is 0 Å². The van der Waals surface area contributed by atoms with Gasteiger partial charge in [0.2, 0.25) is 5.91 Å². The van der Waals surface area contributed by atoms with E-state index in [2.05, 4.69) is 20.8 Å². The number of amides is 2. The van der Waals surface area contributed by atoms with Crippen LogP contribution in [0.2, 0.25) is 0 Å². The highest BCUT2D eigenvalue weighted by atomic mass is 16.2. The van der Waals surface area contributed by atoms with Crippen LogP contribution >= 0.6 is 0 Å². The van der Waals surface area contributed by atoms with E-state index in [4.69, 9.17) is 0 Å². The van der Waals surface area contributed by atoms with Crippen LogP contribution in [0, 0.1) is 17.8 Å². The fourth-order valence-electron chi connectivity index (χ4n) is 4.05. The van der Waals surface area contributed by atoms with Crippen LogP contribution in [0.5, 0.6) is 0 Å². The first kappa shape index (κ1) is 18.7. The molecule has 4 rings (SSSR count). The number of aryl methyl sites for hydroxylation is 1. The maximum Gasteiger partial charge on any atom is 0.270 e. The second-order valence-corrected chi connectivity index (χ2v) is 8.35. The molecule has 2 heterocycles. The predicted molar refractivity (Wildman–Crippen MR) is 105 cm³/mol. The maximum absolute atomic E-state index is 13.2. The summed E-state index contributed by atoms with van der Waals surface area (Å²) in [6, 6.07) is 1.22. The molecule has 2 aromatic rings. The minimum absolute atomic E-state index is 0.0704. The van der Waals surface area contributed by atoms with E-state index in [0.717, 1.165) is 25.7 Å². The van der Waals surface area contributed by atoms with Gasteiger partial charge in [-0.15, -0.1) is 0 Å². The standard InChI is InChI=1S/C20H28N6O2/c1-12(2)26-16(8-9-21-26)19(27)24-18(17(13-4-5-13)14-6-7-14)20(28)23-15-10-22-25(3)11-15/h8-14,17-18H,4-7H2,1-3H3,(H,23,28)(H,24,27). The average molecular weight is 384 g/mol. The second-order valence-electron chi connectivity index (χ2n) is 8.35. The summed E-state index contributed by atoms with van der Waals surface area (Å²) in [6.07, 6.45) is 9.55. The van der Waals surface area contributed by atoms with Crippen molar-refractivity contribution in [3.05, 3.63) is 30.4 Å². The lowest BCUT2D eigenvalue weighted by Gasteiger charge is -2.27. The molecule has 2 aliphatic rings. The number of carbonyl (C=O) groups excluding carboxylic acids is 2. The first-order valence-corrected chi connectivity index (χ1v) is 10.1. The third kappa shape index (κ3) is 3.95. The molecule has 0 aliphatic heterocycles. The zero-order valence-corrected chi connectivity index (χ0v) is 16.6. The molecule has 150 valence electrons. The Bertz CT molecular complexity index is 850. The van der Waals surface area contributed by atoms with E-state index in [0.29, 0.717) is 23.2 Å². The van der Waals surface area contributed by atoms with Crippen LogP contribution in [0.1, 0.15) is 56.1 Å². The van der Waals surface area contributed by atoms with Crippen LogP contribution in [0.4, 0.5) is 5.69 Å². The molecule has 0 radical (unpaired) electrons. The molecule has 2 aromatic heterocycles. The van der Waals surface area contributed by atoms with Crippen LogP contribution in [0.3, 0.4) is 0 Å². The Hall–Kier alpha value is -2.64. The van der Waals surface area contributed by atoms with Crippen LogP contribution in [-0.4, -0.2) is 37.4 Å². The summed E-state index contributed by atoms with van der Waals surface area (Å²) >= 11 is 0. The van der Waals surface area contributed by atoms with Gasteiger partial charge in [-0.3, -0.25) is 19.0 Å². The number of aromatic nitrogens is 4. The minimum Gasteiger partial charge on any atom is -0.339 e. The Labute approximate surface area is 164 Å². The molecule has 8 nitrogen and oxygen atoms in total. The van der Waals surface area contributed by atoms with Crippen molar-refractivity contribution in [3.8, 4) is 0 Å². The second kappa shape index (κ2) is 7.41. The van der Waals surface area contributed by atoms with E-state index >= 15 is 0 Å². The highest BCUT2D eigenvalue weighted by molar-refractivity contribution is 6.00. The SMILES string of the molecule is CC(C)n1nccc1C(=O)NC(C(=O)Nc1cnn(C)c1)C(C1CC1)C1CC1. The summed E-state index contributed by atoms with van der Waals surface area (Å²) in [5.74, 6) is 0.820. The van der Waals surface area contributed by atoms with E-state index < -0.39 is 6.04 Å². The van der Waals surface area contributed by atoms with Crippen molar-refractivity contribution in [1.82, 2.24) is 24.9 Å². The Morgan fingerprint density at radius 3 is 2.36 bits per heavy atom. The number of rotatable bonds is 8. The summed E-state index contributed by atoms with van der Waals surface area (Å²) < 4.78 is 3.33. The number of nitrogens with zero attached hydrogens (tertiary/aromatic N) is 4. The summed E-state index contributed by atoms with van der Waals surface area (Å²) in [6.45, 7) is 3.96. The molecular weight excluding hydrogens is 356 g/mol. The number of hydrogen-bond acceptors (Lipinski definition) is 4. The van der Waals surface area contributed by atoms with Crippen LogP contribution in [0.25, 0.3) is 0 Å². The number of nitrogens with one attached hydrogen (secondary N) is 2. The van der Waals surface area contributed by atoms with E-state index in [1.54, 1.807) is 41.1 Å². The van der Waals surface area contributed by atoms with Gasteiger partial charge in [0.1, 0.15) is 11.7 Å². The fraction of sp³-hybridized carbons (Fsp3) is 0.600. The fourth-order valence-corrected chi connectivity index (χ4v) is 4.05. The molecule has 8 heteroatoms. The highest BCUT2D eigenvalue weighted by Gasteiger charge is 2.48. The molecule has 28 heavy (non-hydrogen) atoms. The zero-order valence-electron chi connectivity index (χ0n) is 16.6. The molecule has 2 aliphatic carbocycles. The largest absolute Gasteiger partial charge is 0.339 e. The molecule has 2 N–H and O–H groups in total. The van der Waals surface area contributed by atoms with Gasteiger partial charge in [-0.2, -0.15) is 10.2 Å². The van der Waals surface area contributed by atoms with Gasteiger partial charge in [0.15, 0.2) is 0 Å². The molecule has 0 aromatic carbocycles. The summed E-state index contributed by atoms with van der Waals surface area (Å²) in [5.41, 5.74) is 1.13. The number of carbonyl (C=O) groups is 2. The third-order valence-electron chi connectivity index (χ3n) is 5.65. The summed E-state index contributed by atoms with van der Waals surface area (Å²) in [4.78, 5) is 26.2. The van der Waals surface area contributed by atoms with Crippen molar-refractivity contribution in [3.63, 3.8) is 0 Å². The molecule has 0 saturated heterocycles. The molecule has 0 spiro atoms. The monoisotopic (exact) mass is 384 g/mol. The number of anilines is 1. The molecule has 0 bridgehead atoms. The number of hydrogen-bond donors (Lipinski definition) is 2. The normalized spacial score (nSPS) is 17.8. The molecular formula is C20H28N6O2. The van der Waals surface area contributed by atoms with Gasteiger partial charge in [0.05, 0.1) is 11.9 Å². The van der Waals surface area contributed by atoms with Crippen LogP contribution < -0.4 is 10.6 Å². The van der Waals surface area contributed by atoms with Crippen molar-refractivity contribution in [2.24, 2.45) is 24.8 Å². The Morgan fingerprint density at radius 2 is 1.82 bits per heavy atom. The van der Waals surface area contributed by atoms with E-state index in [1.165, 1.54) is 0 Å². The first-order valence-electron chi connectivity index (χ1n) is 10.1. The van der Waals surface area contributed by atoms with Crippen molar-refractivity contribution < 1.29 is 9.59 Å². The lowest BCUT2D eigenvalue weighted by Crippen LogP contribution is -2.50. The van der Waals surface area contributed by atoms with Gasteiger partial charge in [-0.05, 0) is 63.4 Å². The van der Waals surface area contributed by atoms with Crippen molar-refractivity contribution in [2.75, 3.05) is 5.32 Å². The van der Waals surface area contributed by atoms with Gasteiger partial charge in [-0.1, -0.05) is 0 Å². The molecule has 2 saturated carbocycles. The van der Waals surface area contributed by atoms with Crippen molar-refractivity contribution >= 4 is 17.5 Å². The molecule has 2 fully saturated rings. The third-order valence-corrected chi connectivity index (χ3v) is 5.65. The minimum atomic E-state index is -0.553. The first-order chi connectivity index (χ1) is 13.4. The van der Waals surface area contributed by atoms with Crippen LogP contribution in [0.15, 0.2) is 24.7 Å². The Kier molecular flexibility index (Phi) is 4.95. The summed E-state index contributed by atoms with van der Waals surface area (Å²) in [7, 11) is 1.80. The van der Waals surface area contributed by atoms with Gasteiger partial charge < -0.3 is 10.6 Å². The predicted octanol–water partition coefficient (Wildman–Crippen LogP) is 2.37. The Morgan fingerprint density at radius 1 is 1.14 bits per heavy atom. The average Bonchev–Trinajstić information content (AvgIpc) is 3.57. The smallest absolute Gasteiger partial charge is 0.270 e. The zero-order chi connectivity index (χ0) is 19.8. The van der Waals surface area contributed by atoms with E-state index in [1.807, 2.05) is 13.8 Å². The van der Waals surface area contributed by atoms with Crippen LogP contribution in [-0.2, 0) is 11.8 Å². The quantitative estimate of drug-likeness (QED) is 0.731. The van der Waals surface area contributed by atoms with Crippen molar-refractivity contribution in [1.29, 1.82) is 0 Å². The topological polar surface area (TPSA) is 93.8 Å². The van der Waals surface area contributed by atoms with Gasteiger partial charge in [0, 0.05) is 25.5 Å². The molecule has 2 amide bonds. The lowest BCUT2D eigenvalue weighted by molar-refractivity contribution is -0.119.